The summed E-state index contributed by atoms with van der Waals surface area (Å²) in [6.07, 6.45) is 3.32. The standard InChI is InChI=1S/C20H22Cl2N4O3/c1-12-6-14(13(2)26(12)17-8-15(21)7-16(22)9-17)10-24-25-20(28)19(27)23-11-18-4-3-5-29-18/h6-10,18H,3-5,11H2,1-2H3,(H,23,27)(H,25,28)/b24-10-/t18-/m0/s1. The van der Waals surface area contributed by atoms with Crippen LogP contribution in [0.25, 0.3) is 5.69 Å². The van der Waals surface area contributed by atoms with E-state index in [0.717, 1.165) is 35.5 Å². The molecule has 3 rings (SSSR count). The van der Waals surface area contributed by atoms with Crippen LogP contribution in [0.4, 0.5) is 0 Å². The molecule has 1 aromatic heterocycles. The molecule has 1 aromatic carbocycles. The molecule has 0 spiro atoms. The number of benzene rings is 1. The van der Waals surface area contributed by atoms with Gasteiger partial charge in [0.15, 0.2) is 0 Å². The van der Waals surface area contributed by atoms with Crippen molar-refractivity contribution in [3.63, 3.8) is 0 Å². The molecule has 0 unspecified atom stereocenters. The minimum absolute atomic E-state index is 0.0272. The highest BCUT2D eigenvalue weighted by Crippen LogP contribution is 2.26. The zero-order valence-electron chi connectivity index (χ0n) is 16.2. The summed E-state index contributed by atoms with van der Waals surface area (Å²) in [7, 11) is 0. The van der Waals surface area contributed by atoms with Gasteiger partial charge in [-0.25, -0.2) is 5.43 Å². The van der Waals surface area contributed by atoms with E-state index < -0.39 is 11.8 Å². The van der Waals surface area contributed by atoms with Gasteiger partial charge in [0.1, 0.15) is 0 Å². The molecule has 7 nitrogen and oxygen atoms in total. The Morgan fingerprint density at radius 1 is 1.21 bits per heavy atom. The second-order valence-electron chi connectivity index (χ2n) is 6.83. The summed E-state index contributed by atoms with van der Waals surface area (Å²) in [5, 5.41) is 7.53. The summed E-state index contributed by atoms with van der Waals surface area (Å²) in [4.78, 5) is 23.7. The van der Waals surface area contributed by atoms with Gasteiger partial charge in [-0.1, -0.05) is 23.2 Å². The molecule has 2 amide bonds. The minimum atomic E-state index is -0.824. The third-order valence-electron chi connectivity index (χ3n) is 4.67. The van der Waals surface area contributed by atoms with Crippen LogP contribution in [-0.4, -0.2) is 41.9 Å². The van der Waals surface area contributed by atoms with Gasteiger partial charge in [-0.15, -0.1) is 0 Å². The number of nitrogens with one attached hydrogen (secondary N) is 2. The first-order valence-electron chi connectivity index (χ1n) is 9.23. The number of aromatic nitrogens is 1. The summed E-state index contributed by atoms with van der Waals surface area (Å²) < 4.78 is 7.39. The molecule has 1 atom stereocenters. The van der Waals surface area contributed by atoms with Crippen molar-refractivity contribution >= 4 is 41.2 Å². The number of carbonyl (C=O) groups is 2. The lowest BCUT2D eigenvalue weighted by atomic mass is 10.2. The lowest BCUT2D eigenvalue weighted by Crippen LogP contribution is -2.41. The largest absolute Gasteiger partial charge is 0.376 e. The number of nitrogens with zero attached hydrogens (tertiary/aromatic N) is 2. The molecule has 29 heavy (non-hydrogen) atoms. The van der Waals surface area contributed by atoms with Gasteiger partial charge in [0.25, 0.3) is 0 Å². The van der Waals surface area contributed by atoms with Crippen LogP contribution < -0.4 is 10.7 Å². The van der Waals surface area contributed by atoms with Crippen LogP contribution in [-0.2, 0) is 14.3 Å². The molecule has 2 aromatic rings. The number of rotatable bonds is 5. The first-order valence-corrected chi connectivity index (χ1v) is 9.99. The van der Waals surface area contributed by atoms with Crippen LogP contribution in [0.3, 0.4) is 0 Å². The second kappa shape index (κ2) is 9.43. The zero-order valence-corrected chi connectivity index (χ0v) is 17.7. The van der Waals surface area contributed by atoms with Crippen molar-refractivity contribution in [3.8, 4) is 5.69 Å². The van der Waals surface area contributed by atoms with Crippen molar-refractivity contribution in [2.75, 3.05) is 13.2 Å². The fraction of sp³-hybridized carbons (Fsp3) is 0.350. The van der Waals surface area contributed by atoms with E-state index >= 15 is 0 Å². The number of hydrazone groups is 1. The van der Waals surface area contributed by atoms with Crippen LogP contribution in [0.2, 0.25) is 10.0 Å². The van der Waals surface area contributed by atoms with E-state index in [1.807, 2.05) is 36.6 Å². The van der Waals surface area contributed by atoms with E-state index in [1.54, 1.807) is 6.07 Å². The molecule has 0 aliphatic carbocycles. The van der Waals surface area contributed by atoms with E-state index in [4.69, 9.17) is 27.9 Å². The normalized spacial score (nSPS) is 16.3. The van der Waals surface area contributed by atoms with Gasteiger partial charge in [-0.05, 0) is 51.0 Å². The molecule has 0 saturated carbocycles. The van der Waals surface area contributed by atoms with Gasteiger partial charge < -0.3 is 14.6 Å². The molecule has 1 aliphatic heterocycles. The predicted molar refractivity (Wildman–Crippen MR) is 113 cm³/mol. The van der Waals surface area contributed by atoms with Gasteiger partial charge in [-0.3, -0.25) is 9.59 Å². The maximum Gasteiger partial charge on any atom is 0.329 e. The van der Waals surface area contributed by atoms with E-state index in [2.05, 4.69) is 15.8 Å². The van der Waals surface area contributed by atoms with E-state index in [9.17, 15) is 9.59 Å². The molecule has 2 N–H and O–H groups in total. The van der Waals surface area contributed by atoms with Crippen molar-refractivity contribution in [1.29, 1.82) is 0 Å². The van der Waals surface area contributed by atoms with Gasteiger partial charge >= 0.3 is 11.8 Å². The molecule has 0 bridgehead atoms. The predicted octanol–water partition coefficient (Wildman–Crippen LogP) is 3.15. The van der Waals surface area contributed by atoms with Crippen LogP contribution in [0.15, 0.2) is 29.4 Å². The summed E-state index contributed by atoms with van der Waals surface area (Å²) in [6.45, 7) is 4.87. The molecule has 1 saturated heterocycles. The summed E-state index contributed by atoms with van der Waals surface area (Å²) in [6, 6.07) is 7.21. The number of ether oxygens (including phenoxy) is 1. The molecule has 9 heteroatoms. The molecule has 154 valence electrons. The third kappa shape index (κ3) is 5.38. The smallest absolute Gasteiger partial charge is 0.329 e. The Morgan fingerprint density at radius 2 is 1.93 bits per heavy atom. The Labute approximate surface area is 179 Å². The highest BCUT2D eigenvalue weighted by molar-refractivity contribution is 6.35. The first-order chi connectivity index (χ1) is 13.8. The molecule has 0 radical (unpaired) electrons. The molecular weight excluding hydrogens is 415 g/mol. The van der Waals surface area contributed by atoms with Crippen molar-refractivity contribution in [3.05, 3.63) is 51.3 Å². The number of amides is 2. The van der Waals surface area contributed by atoms with Gasteiger partial charge in [0.05, 0.1) is 12.3 Å². The minimum Gasteiger partial charge on any atom is -0.376 e. The Hall–Kier alpha value is -2.35. The van der Waals surface area contributed by atoms with Crippen molar-refractivity contribution in [2.24, 2.45) is 5.10 Å². The quantitative estimate of drug-likeness (QED) is 0.428. The molecular formula is C20H22Cl2N4O3. The van der Waals surface area contributed by atoms with Gasteiger partial charge in [0, 0.05) is 45.8 Å². The first kappa shape index (κ1) is 21.4. The van der Waals surface area contributed by atoms with Crippen LogP contribution in [0.1, 0.15) is 29.8 Å². The average molecular weight is 437 g/mol. The zero-order chi connectivity index (χ0) is 21.0. The Morgan fingerprint density at radius 3 is 2.59 bits per heavy atom. The highest BCUT2D eigenvalue weighted by Gasteiger charge is 2.19. The summed E-state index contributed by atoms with van der Waals surface area (Å²) >= 11 is 12.2. The monoisotopic (exact) mass is 436 g/mol. The van der Waals surface area contributed by atoms with Crippen LogP contribution in [0.5, 0.6) is 0 Å². The summed E-state index contributed by atoms with van der Waals surface area (Å²) in [5.41, 5.74) is 5.70. The van der Waals surface area contributed by atoms with Gasteiger partial charge in [0.2, 0.25) is 0 Å². The molecule has 1 aliphatic rings. The number of halogens is 2. The second-order valence-corrected chi connectivity index (χ2v) is 7.71. The van der Waals surface area contributed by atoms with Gasteiger partial charge in [-0.2, -0.15) is 5.10 Å². The number of hydrogen-bond donors (Lipinski definition) is 2. The van der Waals surface area contributed by atoms with Crippen molar-refractivity contribution in [1.82, 2.24) is 15.3 Å². The Kier molecular flexibility index (Phi) is 6.95. The number of hydrogen-bond acceptors (Lipinski definition) is 4. The number of aryl methyl sites for hydroxylation is 1. The maximum atomic E-state index is 11.9. The fourth-order valence-electron chi connectivity index (χ4n) is 3.29. The van der Waals surface area contributed by atoms with Crippen LogP contribution >= 0.6 is 23.2 Å². The lowest BCUT2D eigenvalue weighted by Gasteiger charge is -2.10. The van der Waals surface area contributed by atoms with Crippen molar-refractivity contribution in [2.45, 2.75) is 32.8 Å². The maximum absolute atomic E-state index is 11.9. The molecule has 1 fully saturated rings. The number of carbonyl (C=O) groups excluding carboxylic acids is 2. The Bertz CT molecular complexity index is 929. The Balaban J connectivity index is 1.63. The lowest BCUT2D eigenvalue weighted by molar-refractivity contribution is -0.139. The average Bonchev–Trinajstić information content (AvgIpc) is 3.27. The topological polar surface area (TPSA) is 84.7 Å². The van der Waals surface area contributed by atoms with E-state index in [-0.39, 0.29) is 6.10 Å². The summed E-state index contributed by atoms with van der Waals surface area (Å²) in [5.74, 6) is -1.56. The van der Waals surface area contributed by atoms with E-state index in [1.165, 1.54) is 6.21 Å². The fourth-order valence-corrected chi connectivity index (χ4v) is 3.80. The SMILES string of the molecule is Cc1cc(/C=N\NC(=O)C(=O)NC[C@@H]2CCCO2)c(C)n1-c1cc(Cl)cc(Cl)c1. The highest BCUT2D eigenvalue weighted by atomic mass is 35.5. The molecule has 2 heterocycles. The van der Waals surface area contributed by atoms with Crippen LogP contribution in [0, 0.1) is 13.8 Å². The third-order valence-corrected chi connectivity index (χ3v) is 5.10. The van der Waals surface area contributed by atoms with E-state index in [0.29, 0.717) is 23.2 Å². The van der Waals surface area contributed by atoms with Crippen molar-refractivity contribution < 1.29 is 14.3 Å².